The van der Waals surface area contributed by atoms with E-state index in [4.69, 9.17) is 32.7 Å². The molecule has 4 aromatic rings. The van der Waals surface area contributed by atoms with Gasteiger partial charge < -0.3 is 35.0 Å². The van der Waals surface area contributed by atoms with E-state index in [0.29, 0.717) is 11.1 Å². The Hall–Kier alpha value is -4.60. The average molecular weight is 613 g/mol. The molecule has 9 nitrogen and oxygen atoms in total. The summed E-state index contributed by atoms with van der Waals surface area (Å²) in [5.41, 5.74) is 1.34. The summed E-state index contributed by atoms with van der Waals surface area (Å²) >= 11 is 12.7. The van der Waals surface area contributed by atoms with Crippen molar-refractivity contribution >= 4 is 34.8 Å². The molecule has 0 fully saturated rings. The van der Waals surface area contributed by atoms with Crippen LogP contribution in [0.25, 0.3) is 0 Å². The van der Waals surface area contributed by atoms with Gasteiger partial charge in [-0.1, -0.05) is 23.2 Å². The van der Waals surface area contributed by atoms with Crippen LogP contribution in [-0.2, 0) is 12.8 Å². The van der Waals surface area contributed by atoms with Crippen LogP contribution in [-0.4, -0.2) is 44.2 Å². The monoisotopic (exact) mass is 612 g/mol. The van der Waals surface area contributed by atoms with Crippen LogP contribution in [0.3, 0.4) is 0 Å². The van der Waals surface area contributed by atoms with Crippen molar-refractivity contribution in [3.63, 3.8) is 0 Å². The first kappa shape index (κ1) is 30.4. The van der Waals surface area contributed by atoms with Crippen LogP contribution in [0.1, 0.15) is 44.7 Å². The number of carbonyl (C=O) groups is 2. The highest BCUT2D eigenvalue weighted by Crippen LogP contribution is 2.44. The summed E-state index contributed by atoms with van der Waals surface area (Å²) in [6.45, 7) is 0. The van der Waals surface area contributed by atoms with Crippen molar-refractivity contribution in [2.45, 2.75) is 25.7 Å². The first-order valence-electron chi connectivity index (χ1n) is 12.6. The molecule has 218 valence electrons. The van der Waals surface area contributed by atoms with Crippen LogP contribution in [0, 0.1) is 0 Å². The fourth-order valence-corrected chi connectivity index (χ4v) is 4.78. The molecule has 0 saturated heterocycles. The lowest BCUT2D eigenvalue weighted by molar-refractivity contribution is 0.0971. The SMILES string of the molecule is COc1cc(CCC(=O)c2ccc(O)cc2O)cc(Cl)c1Oc1cc(CCC(=O)c2ccc(O)cc2O)cc(Cl)c1O. The normalized spacial score (nSPS) is 10.8. The fraction of sp³-hybridized carbons (Fsp3) is 0.161. The summed E-state index contributed by atoms with van der Waals surface area (Å²) in [5, 5.41) is 49.5. The summed E-state index contributed by atoms with van der Waals surface area (Å²) in [6.07, 6.45) is 0.492. The van der Waals surface area contributed by atoms with Gasteiger partial charge >= 0.3 is 0 Å². The van der Waals surface area contributed by atoms with Crippen LogP contribution in [0.4, 0.5) is 0 Å². The number of benzene rings is 4. The Kier molecular flexibility index (Phi) is 9.35. The van der Waals surface area contributed by atoms with Crippen LogP contribution < -0.4 is 9.47 Å². The van der Waals surface area contributed by atoms with Crippen molar-refractivity contribution in [2.75, 3.05) is 7.11 Å². The Morgan fingerprint density at radius 3 is 1.62 bits per heavy atom. The van der Waals surface area contributed by atoms with Crippen LogP contribution >= 0.6 is 23.2 Å². The summed E-state index contributed by atoms with van der Waals surface area (Å²) in [4.78, 5) is 25.2. The largest absolute Gasteiger partial charge is 0.508 e. The van der Waals surface area contributed by atoms with E-state index >= 15 is 0 Å². The van der Waals surface area contributed by atoms with Gasteiger partial charge in [0.25, 0.3) is 0 Å². The lowest BCUT2D eigenvalue weighted by Crippen LogP contribution is -2.03. The number of halogens is 2. The average Bonchev–Trinajstić information content (AvgIpc) is 2.93. The lowest BCUT2D eigenvalue weighted by atomic mass is 10.0. The van der Waals surface area contributed by atoms with Crippen LogP contribution in [0.15, 0.2) is 60.7 Å². The van der Waals surface area contributed by atoms with Gasteiger partial charge in [0.1, 0.15) is 23.0 Å². The van der Waals surface area contributed by atoms with Gasteiger partial charge in [0.15, 0.2) is 34.6 Å². The number of aryl methyl sites for hydroxylation is 2. The number of phenols is 5. The fourth-order valence-electron chi connectivity index (χ4n) is 4.27. The van der Waals surface area contributed by atoms with E-state index < -0.39 is 0 Å². The molecule has 0 bridgehead atoms. The van der Waals surface area contributed by atoms with Crippen molar-refractivity contribution in [3.8, 4) is 46.0 Å². The maximum atomic E-state index is 12.6. The number of hydrogen-bond acceptors (Lipinski definition) is 9. The van der Waals surface area contributed by atoms with E-state index in [1.54, 1.807) is 12.1 Å². The van der Waals surface area contributed by atoms with Gasteiger partial charge in [-0.15, -0.1) is 0 Å². The minimum Gasteiger partial charge on any atom is -0.508 e. The zero-order valence-electron chi connectivity index (χ0n) is 22.2. The molecule has 0 aromatic heterocycles. The molecule has 42 heavy (non-hydrogen) atoms. The molecule has 0 heterocycles. The molecular weight excluding hydrogens is 587 g/mol. The zero-order valence-corrected chi connectivity index (χ0v) is 23.7. The van der Waals surface area contributed by atoms with Gasteiger partial charge in [0, 0.05) is 25.0 Å². The number of rotatable bonds is 11. The standard InChI is InChI=1S/C31H26Cl2O9/c1-41-29-13-17(3-9-25(37)21-7-5-19(35)15-27(21)39)11-23(33)31(29)42-28-12-16(10-22(32)30(28)40)2-8-24(36)20-6-4-18(34)14-26(20)38/h4-7,10-15,34-35,38-40H,2-3,8-9H2,1H3. The predicted octanol–water partition coefficient (Wildman–Crippen LogP) is 6.95. The van der Waals surface area contributed by atoms with Gasteiger partial charge in [-0.05, 0) is 72.5 Å². The summed E-state index contributed by atoms with van der Waals surface area (Å²) < 4.78 is 11.4. The number of ether oxygens (including phenoxy) is 2. The molecule has 0 atom stereocenters. The number of Topliss-reactive ketones (excluding diaryl/α,β-unsaturated/α-hetero) is 2. The Balaban J connectivity index is 1.50. The predicted molar refractivity (Wildman–Crippen MR) is 156 cm³/mol. The highest BCUT2D eigenvalue weighted by molar-refractivity contribution is 6.33. The van der Waals surface area contributed by atoms with Gasteiger partial charge in [0.05, 0.1) is 28.3 Å². The molecule has 0 radical (unpaired) electrons. The second-order valence-corrected chi connectivity index (χ2v) is 10.2. The second kappa shape index (κ2) is 12.9. The first-order valence-corrected chi connectivity index (χ1v) is 13.4. The summed E-state index contributed by atoms with van der Waals surface area (Å²) in [6, 6.07) is 13.6. The van der Waals surface area contributed by atoms with E-state index in [1.165, 1.54) is 43.5 Å². The van der Waals surface area contributed by atoms with Gasteiger partial charge in [0.2, 0.25) is 0 Å². The molecule has 0 spiro atoms. The number of methoxy groups -OCH3 is 1. The van der Waals surface area contributed by atoms with E-state index in [1.807, 2.05) is 0 Å². The van der Waals surface area contributed by atoms with E-state index in [-0.39, 0.29) is 104 Å². The molecule has 4 aromatic carbocycles. The summed E-state index contributed by atoms with van der Waals surface area (Å²) in [7, 11) is 1.40. The maximum absolute atomic E-state index is 12.6. The Bertz CT molecular complexity index is 1670. The molecule has 0 aliphatic rings. The molecule has 0 aliphatic heterocycles. The van der Waals surface area contributed by atoms with Crippen molar-refractivity contribution in [1.29, 1.82) is 0 Å². The molecule has 5 N–H and O–H groups in total. The second-order valence-electron chi connectivity index (χ2n) is 9.38. The zero-order chi connectivity index (χ0) is 30.6. The highest BCUT2D eigenvalue weighted by Gasteiger charge is 2.20. The van der Waals surface area contributed by atoms with E-state index in [9.17, 15) is 35.1 Å². The van der Waals surface area contributed by atoms with Crippen molar-refractivity contribution in [3.05, 3.63) is 93.0 Å². The Morgan fingerprint density at radius 1 is 0.667 bits per heavy atom. The molecular formula is C31H26Cl2O9. The third-order valence-electron chi connectivity index (χ3n) is 6.43. The minimum atomic E-state index is -0.362. The highest BCUT2D eigenvalue weighted by atomic mass is 35.5. The number of aromatic hydroxyl groups is 5. The molecule has 11 heteroatoms. The summed E-state index contributed by atoms with van der Waals surface area (Å²) in [5.74, 6) is -1.76. The van der Waals surface area contributed by atoms with Crippen LogP contribution in [0.5, 0.6) is 46.0 Å². The number of ketones is 2. The van der Waals surface area contributed by atoms with Crippen LogP contribution in [0.2, 0.25) is 10.0 Å². The van der Waals surface area contributed by atoms with Gasteiger partial charge in [-0.2, -0.15) is 0 Å². The topological polar surface area (TPSA) is 154 Å². The quantitative estimate of drug-likeness (QED) is 0.113. The third kappa shape index (κ3) is 6.99. The third-order valence-corrected chi connectivity index (χ3v) is 7.00. The molecule has 0 saturated carbocycles. The number of phenolic OH excluding ortho intramolecular Hbond substituents is 5. The molecule has 4 rings (SSSR count). The van der Waals surface area contributed by atoms with Gasteiger partial charge in [-0.3, -0.25) is 9.59 Å². The molecule has 0 unspecified atom stereocenters. The molecule has 0 aliphatic carbocycles. The minimum absolute atomic E-state index is 0.00169. The maximum Gasteiger partial charge on any atom is 0.188 e. The Labute approximate surface area is 250 Å². The van der Waals surface area contributed by atoms with Crippen molar-refractivity contribution in [2.24, 2.45) is 0 Å². The van der Waals surface area contributed by atoms with Crippen molar-refractivity contribution < 1.29 is 44.6 Å². The number of hydrogen-bond donors (Lipinski definition) is 5. The number of carbonyl (C=O) groups excluding carboxylic acids is 2. The molecule has 0 amide bonds. The van der Waals surface area contributed by atoms with E-state index in [0.717, 1.165) is 12.1 Å². The lowest BCUT2D eigenvalue weighted by Gasteiger charge is -2.16. The first-order chi connectivity index (χ1) is 20.0. The smallest absolute Gasteiger partial charge is 0.188 e. The van der Waals surface area contributed by atoms with Gasteiger partial charge in [-0.25, -0.2) is 0 Å². The Morgan fingerprint density at radius 2 is 1.14 bits per heavy atom. The van der Waals surface area contributed by atoms with Crippen molar-refractivity contribution in [1.82, 2.24) is 0 Å². The van der Waals surface area contributed by atoms with E-state index in [2.05, 4.69) is 0 Å².